The predicted octanol–water partition coefficient (Wildman–Crippen LogP) is 2.65. The quantitative estimate of drug-likeness (QED) is 0.844. The highest BCUT2D eigenvalue weighted by molar-refractivity contribution is 5.32. The van der Waals surface area contributed by atoms with Gasteiger partial charge in [-0.15, -0.1) is 13.2 Å². The van der Waals surface area contributed by atoms with Gasteiger partial charge in [-0.3, -0.25) is 0 Å². The maximum absolute atomic E-state index is 13.3. The van der Waals surface area contributed by atoms with E-state index in [4.69, 9.17) is 10.8 Å². The summed E-state index contributed by atoms with van der Waals surface area (Å²) in [6, 6.07) is -0.910. The van der Waals surface area contributed by atoms with Gasteiger partial charge in [0.25, 0.3) is 0 Å². The van der Waals surface area contributed by atoms with E-state index >= 15 is 0 Å². The maximum atomic E-state index is 13.3. The molecule has 0 unspecified atom stereocenters. The number of hydrogen-bond donors (Lipinski definition) is 2. The third-order valence-corrected chi connectivity index (χ3v) is 2.24. The van der Waals surface area contributed by atoms with Gasteiger partial charge >= 0.3 is 12.5 Å². The lowest BCUT2D eigenvalue weighted by atomic mass is 10.0. The number of halogens is 7. The molecule has 114 valence electrons. The Kier molecular flexibility index (Phi) is 4.49. The van der Waals surface area contributed by atoms with Crippen LogP contribution in [0.3, 0.4) is 0 Å². The van der Waals surface area contributed by atoms with Gasteiger partial charge in [-0.25, -0.2) is 4.39 Å². The first-order valence-electron chi connectivity index (χ1n) is 4.97. The first-order chi connectivity index (χ1) is 8.92. The highest BCUT2D eigenvalue weighted by atomic mass is 19.4. The van der Waals surface area contributed by atoms with Crippen molar-refractivity contribution >= 4 is 0 Å². The van der Waals surface area contributed by atoms with E-state index in [0.717, 1.165) is 0 Å². The first-order valence-corrected chi connectivity index (χ1v) is 4.97. The number of nitrogens with two attached hydrogens (primary N) is 1. The molecule has 0 fully saturated rings. The fourth-order valence-electron chi connectivity index (χ4n) is 1.35. The van der Waals surface area contributed by atoms with E-state index in [2.05, 4.69) is 4.74 Å². The van der Waals surface area contributed by atoms with Crippen molar-refractivity contribution in [2.24, 2.45) is 5.73 Å². The Hall–Kier alpha value is -1.55. The number of ether oxygens (including phenoxy) is 1. The van der Waals surface area contributed by atoms with Gasteiger partial charge in [-0.2, -0.15) is 13.2 Å². The number of benzene rings is 1. The number of aliphatic hydroxyl groups is 1. The number of alkyl halides is 6. The van der Waals surface area contributed by atoms with Gasteiger partial charge in [-0.05, 0) is 18.2 Å². The standard InChI is InChI=1S/C10H8F7NO2/c11-6-2-1-4(20-10(15,16)17)3-5(6)7(18)8(19)9(12,13)14/h1-3,7-8,19H,18H2/t7-,8-/m0/s1. The van der Waals surface area contributed by atoms with Crippen LogP contribution in [0.25, 0.3) is 0 Å². The van der Waals surface area contributed by atoms with E-state index in [1.165, 1.54) is 0 Å². The molecule has 1 aromatic rings. The minimum atomic E-state index is -5.15. The Labute approximate surface area is 107 Å². The van der Waals surface area contributed by atoms with Crippen molar-refractivity contribution in [2.45, 2.75) is 24.7 Å². The topological polar surface area (TPSA) is 55.5 Å². The zero-order valence-corrected chi connectivity index (χ0v) is 9.47. The van der Waals surface area contributed by atoms with Crippen LogP contribution in [0.5, 0.6) is 5.75 Å². The Morgan fingerprint density at radius 1 is 1.10 bits per heavy atom. The summed E-state index contributed by atoms with van der Waals surface area (Å²) in [5.74, 6) is -2.24. The average Bonchev–Trinajstić information content (AvgIpc) is 2.26. The van der Waals surface area contributed by atoms with Crippen LogP contribution in [-0.4, -0.2) is 23.7 Å². The van der Waals surface area contributed by atoms with Crippen LogP contribution in [0.15, 0.2) is 18.2 Å². The Bertz CT molecular complexity index is 472. The smallest absolute Gasteiger partial charge is 0.406 e. The molecule has 0 aliphatic carbocycles. The van der Waals surface area contributed by atoms with E-state index in [0.29, 0.717) is 18.2 Å². The lowest BCUT2D eigenvalue weighted by molar-refractivity contribution is -0.274. The van der Waals surface area contributed by atoms with Gasteiger partial charge in [0.05, 0.1) is 6.04 Å². The summed E-state index contributed by atoms with van der Waals surface area (Å²) in [5, 5.41) is 8.88. The highest BCUT2D eigenvalue weighted by Gasteiger charge is 2.43. The molecule has 10 heteroatoms. The summed E-state index contributed by atoms with van der Waals surface area (Å²) in [6.07, 6.45) is -13.4. The molecule has 0 amide bonds. The Morgan fingerprint density at radius 3 is 2.10 bits per heavy atom. The van der Waals surface area contributed by atoms with Gasteiger partial charge in [0.2, 0.25) is 0 Å². The van der Waals surface area contributed by atoms with Gasteiger partial charge in [-0.1, -0.05) is 0 Å². The second-order valence-electron chi connectivity index (χ2n) is 3.74. The molecule has 2 atom stereocenters. The molecule has 0 radical (unpaired) electrons. The van der Waals surface area contributed by atoms with Crippen molar-refractivity contribution in [1.82, 2.24) is 0 Å². The molecule has 0 spiro atoms. The van der Waals surface area contributed by atoms with Gasteiger partial charge < -0.3 is 15.6 Å². The third kappa shape index (κ3) is 4.23. The minimum absolute atomic E-state index is 0.350. The minimum Gasteiger partial charge on any atom is -0.406 e. The van der Waals surface area contributed by atoms with Crippen molar-refractivity contribution in [1.29, 1.82) is 0 Å². The number of rotatable bonds is 3. The molecular formula is C10H8F7NO2. The Morgan fingerprint density at radius 2 is 1.65 bits per heavy atom. The molecule has 0 bridgehead atoms. The van der Waals surface area contributed by atoms with Gasteiger partial charge in [0.15, 0.2) is 6.10 Å². The molecule has 3 N–H and O–H groups in total. The molecule has 1 rings (SSSR count). The van der Waals surface area contributed by atoms with E-state index in [-0.39, 0.29) is 0 Å². The van der Waals surface area contributed by atoms with Gasteiger partial charge in [0.1, 0.15) is 11.6 Å². The van der Waals surface area contributed by atoms with E-state index < -0.39 is 41.8 Å². The first kappa shape index (κ1) is 16.5. The number of hydrogen-bond acceptors (Lipinski definition) is 3. The van der Waals surface area contributed by atoms with E-state index in [1.54, 1.807) is 0 Å². The van der Waals surface area contributed by atoms with E-state index in [9.17, 15) is 30.7 Å². The second-order valence-corrected chi connectivity index (χ2v) is 3.74. The van der Waals surface area contributed by atoms with Crippen LogP contribution < -0.4 is 10.5 Å². The van der Waals surface area contributed by atoms with Crippen LogP contribution >= 0.6 is 0 Å². The summed E-state index contributed by atoms with van der Waals surface area (Å²) in [4.78, 5) is 0. The van der Waals surface area contributed by atoms with E-state index in [1.807, 2.05) is 0 Å². The third-order valence-electron chi connectivity index (χ3n) is 2.24. The van der Waals surface area contributed by atoms with Gasteiger partial charge in [0, 0.05) is 5.56 Å². The normalized spacial score (nSPS) is 15.8. The Balaban J connectivity index is 3.08. The summed E-state index contributed by atoms with van der Waals surface area (Å²) in [5.41, 5.74) is 4.06. The van der Waals surface area contributed by atoms with Crippen LogP contribution in [0, 0.1) is 5.82 Å². The van der Waals surface area contributed by atoms with Crippen molar-refractivity contribution in [3.63, 3.8) is 0 Å². The second kappa shape index (κ2) is 5.44. The fraction of sp³-hybridized carbons (Fsp3) is 0.400. The molecule has 0 saturated heterocycles. The fourth-order valence-corrected chi connectivity index (χ4v) is 1.35. The highest BCUT2D eigenvalue weighted by Crippen LogP contribution is 2.32. The molecule has 0 heterocycles. The largest absolute Gasteiger partial charge is 0.573 e. The SMILES string of the molecule is N[C@@H](c1cc(OC(F)(F)F)ccc1F)[C@H](O)C(F)(F)F. The van der Waals surface area contributed by atoms with Crippen molar-refractivity contribution < 1.29 is 40.6 Å². The average molecular weight is 307 g/mol. The maximum Gasteiger partial charge on any atom is 0.573 e. The molecule has 20 heavy (non-hydrogen) atoms. The summed E-state index contributed by atoms with van der Waals surface area (Å²) < 4.78 is 89.2. The molecule has 1 aromatic carbocycles. The molecule has 0 aliphatic rings. The monoisotopic (exact) mass is 307 g/mol. The zero-order valence-electron chi connectivity index (χ0n) is 9.47. The molecule has 0 aromatic heterocycles. The zero-order chi connectivity index (χ0) is 15.7. The lowest BCUT2D eigenvalue weighted by Crippen LogP contribution is -2.39. The molecule has 0 aliphatic heterocycles. The summed E-state index contributed by atoms with van der Waals surface area (Å²) in [6.45, 7) is 0. The molecule has 3 nitrogen and oxygen atoms in total. The van der Waals surface area contributed by atoms with Crippen molar-refractivity contribution in [3.05, 3.63) is 29.6 Å². The van der Waals surface area contributed by atoms with Crippen LogP contribution in [0.2, 0.25) is 0 Å². The van der Waals surface area contributed by atoms with Crippen LogP contribution in [0.1, 0.15) is 11.6 Å². The summed E-state index contributed by atoms with van der Waals surface area (Å²) >= 11 is 0. The molecule has 0 saturated carbocycles. The predicted molar refractivity (Wildman–Crippen MR) is 52.1 cm³/mol. The van der Waals surface area contributed by atoms with Crippen LogP contribution in [-0.2, 0) is 0 Å². The van der Waals surface area contributed by atoms with Crippen molar-refractivity contribution in [3.8, 4) is 5.75 Å². The summed E-state index contributed by atoms with van der Waals surface area (Å²) in [7, 11) is 0. The van der Waals surface area contributed by atoms with Crippen LogP contribution in [0.4, 0.5) is 30.7 Å². The van der Waals surface area contributed by atoms with Crippen molar-refractivity contribution in [2.75, 3.05) is 0 Å². The lowest BCUT2D eigenvalue weighted by Gasteiger charge is -2.22. The molecular weight excluding hydrogens is 299 g/mol. The number of aliphatic hydroxyl groups excluding tert-OH is 1.